The van der Waals surface area contributed by atoms with Crippen LogP contribution < -0.4 is 10.5 Å². The lowest BCUT2D eigenvalue weighted by atomic mass is 10.1. The zero-order valence-electron chi connectivity index (χ0n) is 8.40. The van der Waals surface area contributed by atoms with E-state index in [2.05, 4.69) is 21.1 Å². The van der Waals surface area contributed by atoms with E-state index < -0.39 is 0 Å². The van der Waals surface area contributed by atoms with Crippen molar-refractivity contribution >= 4 is 21.8 Å². The number of aromatic nitrogens is 1. The second kappa shape index (κ2) is 4.05. The topological polar surface area (TPSA) is 81.5 Å². The molecule has 0 spiro atoms. The Labute approximate surface area is 99.9 Å². The predicted molar refractivity (Wildman–Crippen MR) is 62.3 cm³/mol. The number of hydrogen-bond acceptors (Lipinski definition) is 5. The molecule has 1 heterocycles. The van der Waals surface area contributed by atoms with Gasteiger partial charge in [0.1, 0.15) is 11.5 Å². The molecule has 84 valence electrons. The highest BCUT2D eigenvalue weighted by Crippen LogP contribution is 2.40. The minimum absolute atomic E-state index is 0.0655. The molecule has 3 N–H and O–H groups in total. The van der Waals surface area contributed by atoms with Crippen LogP contribution in [-0.4, -0.2) is 17.4 Å². The number of phenolic OH excluding ortho intramolecular Hbond substituents is 1. The fraction of sp³-hybridized carbons (Fsp3) is 0.100. The van der Waals surface area contributed by atoms with Gasteiger partial charge in [0.15, 0.2) is 0 Å². The van der Waals surface area contributed by atoms with Gasteiger partial charge < -0.3 is 20.1 Å². The molecule has 2 aromatic rings. The van der Waals surface area contributed by atoms with Crippen molar-refractivity contribution in [2.45, 2.75) is 0 Å². The van der Waals surface area contributed by atoms with E-state index in [1.54, 1.807) is 19.2 Å². The van der Waals surface area contributed by atoms with Crippen LogP contribution in [0.4, 0.5) is 5.88 Å². The van der Waals surface area contributed by atoms with Gasteiger partial charge in [0.05, 0.1) is 23.3 Å². The second-order valence-corrected chi connectivity index (χ2v) is 3.96. The Hall–Kier alpha value is -1.69. The van der Waals surface area contributed by atoms with Gasteiger partial charge in [0.25, 0.3) is 0 Å². The average molecular weight is 285 g/mol. The van der Waals surface area contributed by atoms with E-state index in [1.165, 1.54) is 6.20 Å². The zero-order valence-corrected chi connectivity index (χ0v) is 9.98. The number of ether oxygens (including phenoxy) is 1. The highest BCUT2D eigenvalue weighted by molar-refractivity contribution is 9.10. The molecule has 0 aliphatic heterocycles. The number of nitrogen functional groups attached to an aromatic ring is 1. The maximum absolute atomic E-state index is 9.89. The molecule has 6 heteroatoms. The third-order valence-electron chi connectivity index (χ3n) is 2.16. The summed E-state index contributed by atoms with van der Waals surface area (Å²) >= 11 is 3.23. The predicted octanol–water partition coefficient (Wildman–Crippen LogP) is 2.40. The van der Waals surface area contributed by atoms with Crippen molar-refractivity contribution in [2.24, 2.45) is 0 Å². The Morgan fingerprint density at radius 3 is 2.75 bits per heavy atom. The van der Waals surface area contributed by atoms with E-state index in [4.69, 9.17) is 15.0 Å². The van der Waals surface area contributed by atoms with Gasteiger partial charge in [-0.05, 0) is 28.1 Å². The van der Waals surface area contributed by atoms with Crippen molar-refractivity contribution in [2.75, 3.05) is 12.8 Å². The molecular weight excluding hydrogens is 276 g/mol. The van der Waals surface area contributed by atoms with E-state index in [1.807, 2.05) is 0 Å². The van der Waals surface area contributed by atoms with Gasteiger partial charge in [-0.25, -0.2) is 0 Å². The van der Waals surface area contributed by atoms with Crippen molar-refractivity contribution < 1.29 is 14.4 Å². The molecule has 1 aromatic carbocycles. The molecule has 0 unspecified atom stereocenters. The first kappa shape index (κ1) is 10.8. The number of hydrogen-bond donors (Lipinski definition) is 2. The van der Waals surface area contributed by atoms with E-state index in [9.17, 15) is 5.11 Å². The van der Waals surface area contributed by atoms with Gasteiger partial charge in [-0.1, -0.05) is 5.16 Å². The number of aromatic hydroxyl groups is 1. The van der Waals surface area contributed by atoms with E-state index in [0.717, 1.165) is 0 Å². The first-order valence-electron chi connectivity index (χ1n) is 4.40. The van der Waals surface area contributed by atoms with Gasteiger partial charge in [0.2, 0.25) is 5.88 Å². The number of rotatable bonds is 2. The molecule has 0 aliphatic carbocycles. The summed E-state index contributed by atoms with van der Waals surface area (Å²) in [6, 6.07) is 3.31. The maximum atomic E-state index is 9.89. The number of benzene rings is 1. The summed E-state index contributed by atoms with van der Waals surface area (Å²) in [5, 5.41) is 13.4. The largest absolute Gasteiger partial charge is 0.506 e. The minimum Gasteiger partial charge on any atom is -0.506 e. The molecule has 0 fully saturated rings. The van der Waals surface area contributed by atoms with Crippen LogP contribution in [0.3, 0.4) is 0 Å². The molecule has 2 rings (SSSR count). The third kappa shape index (κ3) is 1.71. The summed E-state index contributed by atoms with van der Waals surface area (Å²) in [5.41, 5.74) is 6.62. The fourth-order valence-electron chi connectivity index (χ4n) is 1.35. The van der Waals surface area contributed by atoms with E-state index in [-0.39, 0.29) is 11.6 Å². The monoisotopic (exact) mass is 284 g/mol. The van der Waals surface area contributed by atoms with Crippen molar-refractivity contribution in [3.63, 3.8) is 0 Å². The van der Waals surface area contributed by atoms with E-state index in [0.29, 0.717) is 21.3 Å². The van der Waals surface area contributed by atoms with Crippen LogP contribution in [0.15, 0.2) is 27.3 Å². The van der Waals surface area contributed by atoms with Crippen LogP contribution in [0.5, 0.6) is 11.5 Å². The Morgan fingerprint density at radius 1 is 1.44 bits per heavy atom. The SMILES string of the molecule is COc1cc(Br)c(O)c(-c2cnoc2N)c1. The lowest BCUT2D eigenvalue weighted by Gasteiger charge is -2.07. The van der Waals surface area contributed by atoms with Crippen molar-refractivity contribution in [1.82, 2.24) is 5.16 Å². The lowest BCUT2D eigenvalue weighted by molar-refractivity contribution is 0.412. The van der Waals surface area contributed by atoms with Crippen molar-refractivity contribution in [3.05, 3.63) is 22.8 Å². The molecule has 5 nitrogen and oxygen atoms in total. The summed E-state index contributed by atoms with van der Waals surface area (Å²) in [6.45, 7) is 0. The van der Waals surface area contributed by atoms with Crippen LogP contribution in [-0.2, 0) is 0 Å². The average Bonchev–Trinajstić information content (AvgIpc) is 2.68. The number of nitrogens with two attached hydrogens (primary N) is 1. The van der Waals surface area contributed by atoms with Crippen molar-refractivity contribution in [3.8, 4) is 22.6 Å². The third-order valence-corrected chi connectivity index (χ3v) is 2.77. The Morgan fingerprint density at radius 2 is 2.19 bits per heavy atom. The summed E-state index contributed by atoms with van der Waals surface area (Å²) in [5.74, 6) is 0.812. The summed E-state index contributed by atoms with van der Waals surface area (Å²) in [7, 11) is 1.54. The van der Waals surface area contributed by atoms with Gasteiger partial charge >= 0.3 is 0 Å². The fourth-order valence-corrected chi connectivity index (χ4v) is 1.79. The lowest BCUT2D eigenvalue weighted by Crippen LogP contribution is -1.88. The number of anilines is 1. The highest BCUT2D eigenvalue weighted by Gasteiger charge is 2.15. The Bertz CT molecular complexity index is 525. The van der Waals surface area contributed by atoms with E-state index >= 15 is 0 Å². The molecule has 16 heavy (non-hydrogen) atoms. The number of phenols is 1. The smallest absolute Gasteiger partial charge is 0.230 e. The van der Waals surface area contributed by atoms with Crippen LogP contribution >= 0.6 is 15.9 Å². The molecule has 0 amide bonds. The quantitative estimate of drug-likeness (QED) is 0.885. The molecule has 0 saturated heterocycles. The minimum atomic E-state index is 0.0655. The molecule has 0 radical (unpaired) electrons. The van der Waals surface area contributed by atoms with Crippen LogP contribution in [0.25, 0.3) is 11.1 Å². The van der Waals surface area contributed by atoms with Crippen LogP contribution in [0.1, 0.15) is 0 Å². The molecule has 0 bridgehead atoms. The summed E-state index contributed by atoms with van der Waals surface area (Å²) in [4.78, 5) is 0. The standard InChI is InChI=1S/C10H9BrN2O3/c1-15-5-2-6(9(14)8(11)3-5)7-4-13-16-10(7)12/h2-4,14H,12H2,1H3. The molecule has 0 atom stereocenters. The van der Waals surface area contributed by atoms with Gasteiger partial charge in [-0.3, -0.25) is 0 Å². The Balaban J connectivity index is 2.64. The molecule has 0 saturated carbocycles. The highest BCUT2D eigenvalue weighted by atomic mass is 79.9. The maximum Gasteiger partial charge on any atom is 0.230 e. The number of halogens is 1. The first-order chi connectivity index (χ1) is 7.63. The van der Waals surface area contributed by atoms with Crippen LogP contribution in [0.2, 0.25) is 0 Å². The normalized spacial score (nSPS) is 10.4. The Kier molecular flexibility index (Phi) is 2.74. The number of nitrogens with zero attached hydrogens (tertiary/aromatic N) is 1. The molecule has 0 aliphatic rings. The second-order valence-electron chi connectivity index (χ2n) is 3.11. The summed E-state index contributed by atoms with van der Waals surface area (Å²) in [6.07, 6.45) is 1.44. The summed E-state index contributed by atoms with van der Waals surface area (Å²) < 4.78 is 10.4. The molecule has 1 aromatic heterocycles. The van der Waals surface area contributed by atoms with Gasteiger partial charge in [0, 0.05) is 5.56 Å². The van der Waals surface area contributed by atoms with Crippen molar-refractivity contribution in [1.29, 1.82) is 0 Å². The first-order valence-corrected chi connectivity index (χ1v) is 5.19. The number of methoxy groups -OCH3 is 1. The van der Waals surface area contributed by atoms with Crippen LogP contribution in [0, 0.1) is 0 Å². The molecular formula is C10H9BrN2O3. The van der Waals surface area contributed by atoms with Gasteiger partial charge in [-0.15, -0.1) is 0 Å². The zero-order chi connectivity index (χ0) is 11.7. The van der Waals surface area contributed by atoms with Gasteiger partial charge in [-0.2, -0.15) is 0 Å².